The zero-order valence-corrected chi connectivity index (χ0v) is 52.8. The number of carbonyl (C=O) groups is 8. The van der Waals surface area contributed by atoms with Crippen LogP contribution in [-0.2, 0) is 41.6 Å². The Hall–Kier alpha value is -7.28. The van der Waals surface area contributed by atoms with Gasteiger partial charge in [0.15, 0.2) is 5.78 Å². The number of carbonyl (C=O) groups excluding carboxylic acids is 8. The van der Waals surface area contributed by atoms with E-state index in [1.165, 1.54) is 19.6 Å². The Balaban J connectivity index is 0.889. The van der Waals surface area contributed by atoms with Crippen molar-refractivity contribution >= 4 is 47.0 Å². The zero-order valence-electron chi connectivity index (χ0n) is 52.8. The highest BCUT2D eigenvalue weighted by Gasteiger charge is 2.52. The number of alkyl halides is 4. The van der Waals surface area contributed by atoms with Crippen LogP contribution in [0.1, 0.15) is 155 Å². The summed E-state index contributed by atoms with van der Waals surface area (Å²) >= 11 is 0. The number of halogens is 4. The van der Waals surface area contributed by atoms with Gasteiger partial charge in [-0.15, -0.1) is 0 Å². The van der Waals surface area contributed by atoms with E-state index in [4.69, 9.17) is 0 Å². The maximum Gasteiger partial charge on any atom is 0.267 e. The molecule has 0 radical (unpaired) electrons. The average Bonchev–Trinajstić information content (AvgIpc) is 1.90. The molecule has 3 N–H and O–H groups in total. The lowest BCUT2D eigenvalue weighted by molar-refractivity contribution is -0.143. The van der Waals surface area contributed by atoms with Crippen molar-refractivity contribution in [2.45, 2.75) is 172 Å². The smallest absolute Gasteiger partial charge is 0.267 e. The third-order valence-corrected chi connectivity index (χ3v) is 19.2. The van der Waals surface area contributed by atoms with E-state index < -0.39 is 104 Å². The number of nitrogens with zero attached hydrogens (tertiary/aromatic N) is 4. The molecule has 0 spiro atoms. The van der Waals surface area contributed by atoms with Gasteiger partial charge in [0.05, 0.1) is 37.8 Å². The normalized spacial score (nSPS) is 19.7. The Morgan fingerprint density at radius 3 is 1.57 bits per heavy atom. The van der Waals surface area contributed by atoms with Gasteiger partial charge in [0, 0.05) is 81.2 Å². The van der Waals surface area contributed by atoms with E-state index in [9.17, 15) is 38.4 Å². The zero-order chi connectivity index (χ0) is 64.5. The second kappa shape index (κ2) is 32.1. The third kappa shape index (κ3) is 18.9. The van der Waals surface area contributed by atoms with Crippen LogP contribution in [0, 0.1) is 23.7 Å². The van der Waals surface area contributed by atoms with Crippen LogP contribution in [0.5, 0.6) is 0 Å². The summed E-state index contributed by atoms with van der Waals surface area (Å²) in [5.41, 5.74) is 3.86. The number of hydrogen-bond acceptors (Lipinski definition) is 9. The van der Waals surface area contributed by atoms with Gasteiger partial charge in [-0.05, 0) is 105 Å². The fourth-order valence-corrected chi connectivity index (χ4v) is 13.4. The predicted octanol–water partition coefficient (Wildman–Crippen LogP) is 10.5. The van der Waals surface area contributed by atoms with Crippen LogP contribution >= 0.6 is 0 Å². The first-order chi connectivity index (χ1) is 43.1. The van der Waals surface area contributed by atoms with Gasteiger partial charge in [0.25, 0.3) is 17.8 Å². The number of likely N-dealkylation sites (tertiary alicyclic amines) is 2. The van der Waals surface area contributed by atoms with E-state index in [1.54, 1.807) is 69.4 Å². The Kier molecular flexibility index (Phi) is 24.5. The van der Waals surface area contributed by atoms with Crippen molar-refractivity contribution in [3.05, 3.63) is 131 Å². The minimum Gasteiger partial charge on any atom is -0.344 e. The van der Waals surface area contributed by atoms with E-state index in [0.717, 1.165) is 68.1 Å². The molecule has 2 heterocycles. The summed E-state index contributed by atoms with van der Waals surface area (Å²) in [6, 6.07) is 28.7. The standard InChI is InChI=1S/C71H91F4N7O8/c1-5-48(2)66(87)78-65(56-24-16-9-17-25-56)69(90)82-47-71(74,75)42-59(82)44-79(38-36-50-18-10-6-11-19-50)63(85)35-34-61(83)55-30-26-52(27-31-55)53-28-32-57(33-29-53)67(88)77-43-64(86)80(39-37-51-20-12-7-13-21-51)45-58-41-70(72,73)46-81(58)68(89)60(40-62(84)49(3)76-4)54-22-14-8-15-23-54/h6-7,10-13,18-21,26-33,48-49,54,56,58-60,65,76H,5,8-9,14-17,22-25,34-47H2,1-4H3,(H,77,88)(H,78,87)/t48-,49+,58+,59+,60+,65+/m1/s1. The van der Waals surface area contributed by atoms with Crippen LogP contribution in [0.25, 0.3) is 11.1 Å². The van der Waals surface area contributed by atoms with Gasteiger partial charge in [-0.1, -0.05) is 149 Å². The highest BCUT2D eigenvalue weighted by atomic mass is 19.3. The van der Waals surface area contributed by atoms with Crippen LogP contribution in [-0.4, -0.2) is 155 Å². The van der Waals surface area contributed by atoms with Gasteiger partial charge in [-0.25, -0.2) is 17.6 Å². The van der Waals surface area contributed by atoms with Crippen molar-refractivity contribution < 1.29 is 55.9 Å². The number of nitrogens with one attached hydrogen (secondary N) is 3. The maximum atomic E-state index is 15.5. The molecule has 2 aliphatic carbocycles. The van der Waals surface area contributed by atoms with Crippen molar-refractivity contribution in [1.29, 1.82) is 0 Å². The molecule has 4 aromatic carbocycles. The molecule has 2 saturated carbocycles. The summed E-state index contributed by atoms with van der Waals surface area (Å²) in [7, 11) is 1.66. The first-order valence-corrected chi connectivity index (χ1v) is 32.6. The largest absolute Gasteiger partial charge is 0.344 e. The SMILES string of the molecule is CC[C@@H](C)C(=O)N[C@H](C(=O)N1CC(F)(F)C[C@H]1CN(CCc1ccccc1)C(=O)CCC(=O)c1ccc(-c2ccc(C(=O)NCC(=O)N(CCc3ccccc3)C[C@@H]3CC(F)(F)CN3C(=O)[C@@H](CC(=O)[C@H](C)NC)C3CCCCC3)cc2)cc1)C1CCCCC1. The second-order valence-electron chi connectivity index (χ2n) is 25.7. The van der Waals surface area contributed by atoms with Gasteiger partial charge in [0.2, 0.25) is 29.5 Å². The van der Waals surface area contributed by atoms with Crippen molar-refractivity contribution in [2.24, 2.45) is 23.7 Å². The minimum absolute atomic E-state index is 0.0599. The van der Waals surface area contributed by atoms with Crippen molar-refractivity contribution in [3.63, 3.8) is 0 Å². The molecule has 0 aromatic heterocycles. The molecule has 4 aliphatic rings. The van der Waals surface area contributed by atoms with E-state index in [2.05, 4.69) is 16.0 Å². The van der Waals surface area contributed by atoms with E-state index >= 15 is 17.6 Å². The highest BCUT2D eigenvalue weighted by Crippen LogP contribution is 2.40. The number of benzene rings is 4. The average molecular weight is 1250 g/mol. The summed E-state index contributed by atoms with van der Waals surface area (Å²) in [4.78, 5) is 117. The molecule has 0 bridgehead atoms. The molecule has 2 aliphatic heterocycles. The van der Waals surface area contributed by atoms with Crippen LogP contribution in [0.15, 0.2) is 109 Å². The fourth-order valence-electron chi connectivity index (χ4n) is 13.4. The number of Topliss-reactive ketones (excluding diaryl/α,β-unsaturated/α-hetero) is 2. The number of likely N-dealkylation sites (N-methyl/N-ethyl adjacent to an activating group) is 1. The van der Waals surface area contributed by atoms with E-state index in [-0.39, 0.29) is 86.2 Å². The molecule has 6 atom stereocenters. The molecule has 90 heavy (non-hydrogen) atoms. The topological polar surface area (TPSA) is 186 Å². The van der Waals surface area contributed by atoms with E-state index in [1.807, 2.05) is 67.6 Å². The lowest BCUT2D eigenvalue weighted by Crippen LogP contribution is -2.56. The second-order valence-corrected chi connectivity index (χ2v) is 25.7. The van der Waals surface area contributed by atoms with Crippen LogP contribution in [0.2, 0.25) is 0 Å². The first-order valence-electron chi connectivity index (χ1n) is 32.6. The minimum atomic E-state index is -3.21. The number of amides is 6. The molecule has 19 heteroatoms. The first kappa shape index (κ1) is 68.6. The quantitative estimate of drug-likeness (QED) is 0.0351. The van der Waals surface area contributed by atoms with E-state index in [0.29, 0.717) is 43.2 Å². The number of rotatable bonds is 29. The molecular weight excluding hydrogens is 1150 g/mol. The summed E-state index contributed by atoms with van der Waals surface area (Å²) in [6.45, 7) is 3.24. The Bertz CT molecular complexity index is 2860. The Morgan fingerprint density at radius 1 is 0.589 bits per heavy atom. The monoisotopic (exact) mass is 1250 g/mol. The lowest BCUT2D eigenvalue weighted by atomic mass is 9.76. The highest BCUT2D eigenvalue weighted by molar-refractivity contribution is 5.99. The van der Waals surface area contributed by atoms with Crippen molar-refractivity contribution in [2.75, 3.05) is 52.9 Å². The predicted molar refractivity (Wildman–Crippen MR) is 338 cm³/mol. The number of ketones is 2. The van der Waals surface area contributed by atoms with Crippen LogP contribution < -0.4 is 16.0 Å². The molecule has 8 rings (SSSR count). The third-order valence-electron chi connectivity index (χ3n) is 19.2. The van der Waals surface area contributed by atoms with Gasteiger partial charge in [-0.3, -0.25) is 38.4 Å². The Morgan fingerprint density at radius 2 is 1.07 bits per heavy atom. The fraction of sp³-hybridized carbons (Fsp3) is 0.549. The molecular formula is C71H91F4N7O8. The van der Waals surface area contributed by atoms with Crippen LogP contribution in [0.3, 0.4) is 0 Å². The van der Waals surface area contributed by atoms with Gasteiger partial charge in [-0.2, -0.15) is 0 Å². The van der Waals surface area contributed by atoms with Gasteiger partial charge >= 0.3 is 0 Å². The summed E-state index contributed by atoms with van der Waals surface area (Å²) < 4.78 is 62.0. The Labute approximate surface area is 527 Å². The molecule has 0 unspecified atom stereocenters. The lowest BCUT2D eigenvalue weighted by Gasteiger charge is -2.36. The summed E-state index contributed by atoms with van der Waals surface area (Å²) in [6.07, 6.45) is 8.02. The molecule has 4 fully saturated rings. The van der Waals surface area contributed by atoms with Crippen molar-refractivity contribution in [1.82, 2.24) is 35.6 Å². The molecule has 6 amide bonds. The molecule has 2 saturated heterocycles. The van der Waals surface area contributed by atoms with Crippen LogP contribution in [0.4, 0.5) is 17.6 Å². The molecule has 4 aromatic rings. The molecule has 486 valence electrons. The number of hydrogen-bond donors (Lipinski definition) is 3. The summed E-state index contributed by atoms with van der Waals surface area (Å²) in [5, 5.41) is 8.58. The van der Waals surface area contributed by atoms with Gasteiger partial charge in [0.1, 0.15) is 11.8 Å². The maximum absolute atomic E-state index is 15.5. The molecule has 15 nitrogen and oxygen atoms in total. The van der Waals surface area contributed by atoms with Gasteiger partial charge < -0.3 is 35.6 Å². The summed E-state index contributed by atoms with van der Waals surface area (Å²) in [5.74, 6) is -11.1. The van der Waals surface area contributed by atoms with Crippen molar-refractivity contribution in [3.8, 4) is 11.1 Å².